The lowest BCUT2D eigenvalue weighted by atomic mass is 9.99. The predicted octanol–water partition coefficient (Wildman–Crippen LogP) is 5.75. The van der Waals surface area contributed by atoms with Gasteiger partial charge < -0.3 is 4.74 Å². The number of alkyl halides is 1. The van der Waals surface area contributed by atoms with Crippen LogP contribution in [0.3, 0.4) is 0 Å². The molecule has 0 aliphatic rings. The zero-order valence-corrected chi connectivity index (χ0v) is 13.7. The summed E-state index contributed by atoms with van der Waals surface area (Å²) in [5, 5.41) is 0.420. The zero-order chi connectivity index (χ0) is 14.0. The molecule has 0 radical (unpaired) electrons. The molecular formula is C15H13BrCl2O. The van der Waals surface area contributed by atoms with Gasteiger partial charge in [-0.25, -0.2) is 0 Å². The summed E-state index contributed by atoms with van der Waals surface area (Å²) in [5.74, 6) is 0.766. The maximum atomic E-state index is 6.61. The van der Waals surface area contributed by atoms with E-state index in [1.54, 1.807) is 7.11 Å². The van der Waals surface area contributed by atoms with Crippen LogP contribution >= 0.6 is 39.1 Å². The second-order valence-electron chi connectivity index (χ2n) is 4.20. The Morgan fingerprint density at radius 2 is 1.89 bits per heavy atom. The summed E-state index contributed by atoms with van der Waals surface area (Å²) in [6.07, 6.45) is 0. The van der Waals surface area contributed by atoms with E-state index in [4.69, 9.17) is 27.9 Å². The molecular weight excluding hydrogens is 347 g/mol. The van der Waals surface area contributed by atoms with Gasteiger partial charge in [0.1, 0.15) is 5.75 Å². The van der Waals surface area contributed by atoms with Gasteiger partial charge in [-0.15, -0.1) is 11.6 Å². The van der Waals surface area contributed by atoms with E-state index in [1.165, 1.54) is 0 Å². The summed E-state index contributed by atoms with van der Waals surface area (Å²) < 4.78 is 6.34. The first-order valence-electron chi connectivity index (χ1n) is 5.77. The Morgan fingerprint density at radius 1 is 1.16 bits per heavy atom. The Bertz CT molecular complexity index is 599. The molecule has 0 heterocycles. The molecule has 0 bridgehead atoms. The highest BCUT2D eigenvalue weighted by Crippen LogP contribution is 2.39. The van der Waals surface area contributed by atoms with Gasteiger partial charge in [-0.05, 0) is 42.3 Å². The lowest BCUT2D eigenvalue weighted by molar-refractivity contribution is 0.410. The van der Waals surface area contributed by atoms with E-state index < -0.39 is 0 Å². The van der Waals surface area contributed by atoms with Gasteiger partial charge in [0.05, 0.1) is 12.5 Å². The molecule has 0 aromatic heterocycles. The number of rotatable bonds is 3. The molecule has 1 nitrogen and oxygen atoms in total. The summed E-state index contributed by atoms with van der Waals surface area (Å²) in [4.78, 5) is 0. The third-order valence-corrected chi connectivity index (χ3v) is 4.42. The predicted molar refractivity (Wildman–Crippen MR) is 84.6 cm³/mol. The van der Waals surface area contributed by atoms with E-state index in [0.29, 0.717) is 0 Å². The molecule has 0 aliphatic carbocycles. The van der Waals surface area contributed by atoms with Crippen LogP contribution in [0.5, 0.6) is 5.75 Å². The van der Waals surface area contributed by atoms with Crippen LogP contribution in [0, 0.1) is 6.92 Å². The highest BCUT2D eigenvalue weighted by atomic mass is 79.9. The van der Waals surface area contributed by atoms with Crippen molar-refractivity contribution in [3.05, 3.63) is 62.6 Å². The van der Waals surface area contributed by atoms with Gasteiger partial charge >= 0.3 is 0 Å². The number of hydrogen-bond donors (Lipinski definition) is 0. The Balaban J connectivity index is 2.52. The van der Waals surface area contributed by atoms with Gasteiger partial charge in [-0.3, -0.25) is 0 Å². The van der Waals surface area contributed by atoms with Crippen LogP contribution < -0.4 is 4.74 Å². The van der Waals surface area contributed by atoms with E-state index in [9.17, 15) is 0 Å². The Kier molecular flexibility index (Phi) is 4.77. The second-order valence-corrected chi connectivity index (χ2v) is 5.96. The summed E-state index contributed by atoms with van der Waals surface area (Å²) >= 11 is 16.2. The van der Waals surface area contributed by atoms with Crippen molar-refractivity contribution >= 4 is 39.1 Å². The molecule has 4 heteroatoms. The van der Waals surface area contributed by atoms with E-state index in [2.05, 4.69) is 15.9 Å². The average Bonchev–Trinajstić information content (AvgIpc) is 2.41. The molecule has 0 saturated carbocycles. The topological polar surface area (TPSA) is 9.23 Å². The minimum absolute atomic E-state index is 0.300. The minimum atomic E-state index is -0.300. The fourth-order valence-corrected chi connectivity index (χ4v) is 2.94. The van der Waals surface area contributed by atoms with Gasteiger partial charge in [0.2, 0.25) is 0 Å². The Hall–Kier alpha value is -0.700. The smallest absolute Gasteiger partial charge is 0.123 e. The van der Waals surface area contributed by atoms with Gasteiger partial charge in [0.25, 0.3) is 0 Å². The monoisotopic (exact) mass is 358 g/mol. The third-order valence-electron chi connectivity index (χ3n) is 3.05. The summed E-state index contributed by atoms with van der Waals surface area (Å²) in [6.45, 7) is 1.97. The maximum Gasteiger partial charge on any atom is 0.123 e. The first kappa shape index (κ1) is 14.7. The van der Waals surface area contributed by atoms with Crippen LogP contribution in [0.25, 0.3) is 0 Å². The van der Waals surface area contributed by atoms with Crippen LogP contribution in [-0.4, -0.2) is 7.11 Å². The first-order chi connectivity index (χ1) is 9.04. The van der Waals surface area contributed by atoms with Crippen molar-refractivity contribution in [1.29, 1.82) is 0 Å². The van der Waals surface area contributed by atoms with Crippen molar-refractivity contribution in [2.24, 2.45) is 0 Å². The van der Waals surface area contributed by atoms with Crippen LogP contribution in [0.2, 0.25) is 5.02 Å². The van der Waals surface area contributed by atoms with Crippen molar-refractivity contribution in [1.82, 2.24) is 0 Å². The molecule has 0 saturated heterocycles. The summed E-state index contributed by atoms with van der Waals surface area (Å²) in [5.41, 5.74) is 2.90. The molecule has 1 unspecified atom stereocenters. The first-order valence-corrected chi connectivity index (χ1v) is 7.38. The quantitative estimate of drug-likeness (QED) is 0.634. The minimum Gasteiger partial charge on any atom is -0.496 e. The van der Waals surface area contributed by atoms with Crippen molar-refractivity contribution in [2.45, 2.75) is 12.3 Å². The van der Waals surface area contributed by atoms with Crippen LogP contribution in [0.1, 0.15) is 22.1 Å². The molecule has 2 rings (SSSR count). The van der Waals surface area contributed by atoms with E-state index in [1.807, 2.05) is 43.3 Å². The van der Waals surface area contributed by atoms with Gasteiger partial charge in [-0.1, -0.05) is 39.7 Å². The van der Waals surface area contributed by atoms with Crippen LogP contribution in [-0.2, 0) is 0 Å². The van der Waals surface area contributed by atoms with Crippen molar-refractivity contribution < 1.29 is 4.74 Å². The van der Waals surface area contributed by atoms with Gasteiger partial charge in [-0.2, -0.15) is 0 Å². The number of hydrogen-bond acceptors (Lipinski definition) is 1. The largest absolute Gasteiger partial charge is 0.496 e. The Morgan fingerprint density at radius 3 is 2.58 bits per heavy atom. The Labute approximate surface area is 131 Å². The highest BCUT2D eigenvalue weighted by Gasteiger charge is 2.18. The maximum absolute atomic E-state index is 6.61. The number of ether oxygens (including phenoxy) is 1. The summed E-state index contributed by atoms with van der Waals surface area (Å²) in [6, 6.07) is 11.5. The standard InChI is InChI=1S/C15H13BrCl2O/c1-9-11(4-3-5-13(9)17)15(18)12-8-10(16)6-7-14(12)19-2/h3-8,15H,1-2H3. The van der Waals surface area contributed by atoms with Gasteiger partial charge in [0.15, 0.2) is 0 Å². The summed E-state index contributed by atoms with van der Waals surface area (Å²) in [7, 11) is 1.64. The van der Waals surface area contributed by atoms with Crippen LogP contribution in [0.4, 0.5) is 0 Å². The highest BCUT2D eigenvalue weighted by molar-refractivity contribution is 9.10. The van der Waals surface area contributed by atoms with E-state index in [0.717, 1.165) is 31.9 Å². The van der Waals surface area contributed by atoms with Crippen molar-refractivity contribution in [3.8, 4) is 5.75 Å². The number of halogens is 3. The van der Waals surface area contributed by atoms with Crippen molar-refractivity contribution in [2.75, 3.05) is 7.11 Å². The second kappa shape index (κ2) is 6.17. The fourth-order valence-electron chi connectivity index (χ4n) is 1.97. The lowest BCUT2D eigenvalue weighted by Gasteiger charge is -2.17. The molecule has 0 amide bonds. The fraction of sp³-hybridized carbons (Fsp3) is 0.200. The SMILES string of the molecule is COc1ccc(Br)cc1C(Cl)c1cccc(Cl)c1C. The van der Waals surface area contributed by atoms with Crippen molar-refractivity contribution in [3.63, 3.8) is 0 Å². The molecule has 100 valence electrons. The van der Waals surface area contributed by atoms with Gasteiger partial charge in [0, 0.05) is 15.1 Å². The molecule has 1 atom stereocenters. The van der Waals surface area contributed by atoms with E-state index in [-0.39, 0.29) is 5.38 Å². The molecule has 0 N–H and O–H groups in total. The molecule has 0 fully saturated rings. The molecule has 19 heavy (non-hydrogen) atoms. The van der Waals surface area contributed by atoms with Crippen LogP contribution in [0.15, 0.2) is 40.9 Å². The third kappa shape index (κ3) is 3.07. The molecule has 2 aromatic carbocycles. The number of methoxy groups -OCH3 is 1. The average molecular weight is 360 g/mol. The molecule has 0 spiro atoms. The molecule has 0 aliphatic heterocycles. The zero-order valence-electron chi connectivity index (χ0n) is 10.6. The normalized spacial score (nSPS) is 12.3. The van der Waals surface area contributed by atoms with E-state index >= 15 is 0 Å². The number of benzene rings is 2. The lowest BCUT2D eigenvalue weighted by Crippen LogP contribution is -2.00. The molecule has 2 aromatic rings.